The molecule has 2 aliphatic rings. The molecular weight excluding hydrogens is 342 g/mol. The van der Waals surface area contributed by atoms with E-state index < -0.39 is 0 Å². The van der Waals surface area contributed by atoms with Crippen LogP contribution in [-0.4, -0.2) is 19.1 Å². The Labute approximate surface area is 157 Å². The Morgan fingerprint density at radius 2 is 1.81 bits per heavy atom. The zero-order valence-corrected chi connectivity index (χ0v) is 15.0. The van der Waals surface area contributed by atoms with Crippen LogP contribution in [0.3, 0.4) is 0 Å². The predicted octanol–water partition coefficient (Wildman–Crippen LogP) is 3.55. The summed E-state index contributed by atoms with van der Waals surface area (Å²) in [6, 6.07) is 10.1. The van der Waals surface area contributed by atoms with E-state index >= 15 is 0 Å². The normalized spacial score (nSPS) is 15.0. The predicted molar refractivity (Wildman–Crippen MR) is 101 cm³/mol. The number of ether oxygens (including phenoxy) is 2. The van der Waals surface area contributed by atoms with E-state index in [1.807, 2.05) is 18.2 Å². The summed E-state index contributed by atoms with van der Waals surface area (Å²) < 4.78 is 16.8. The van der Waals surface area contributed by atoms with Gasteiger partial charge >= 0.3 is 0 Å². The van der Waals surface area contributed by atoms with Crippen molar-refractivity contribution in [3.63, 3.8) is 0 Å². The van der Waals surface area contributed by atoms with Gasteiger partial charge in [-0.05, 0) is 60.2 Å². The van der Waals surface area contributed by atoms with Gasteiger partial charge in [-0.15, -0.1) is 0 Å². The Morgan fingerprint density at radius 1 is 1.00 bits per heavy atom. The minimum absolute atomic E-state index is 0.0203. The van der Waals surface area contributed by atoms with Crippen LogP contribution in [0.1, 0.15) is 28.7 Å². The highest BCUT2D eigenvalue weighted by Gasteiger charge is 2.17. The molecule has 138 valence electrons. The van der Waals surface area contributed by atoms with Crippen molar-refractivity contribution in [3.8, 4) is 11.5 Å². The first-order valence-electron chi connectivity index (χ1n) is 9.43. The van der Waals surface area contributed by atoms with E-state index in [2.05, 4.69) is 17.4 Å². The maximum Gasteiger partial charge on any atom is 0.224 e. The van der Waals surface area contributed by atoms with Crippen LogP contribution >= 0.6 is 0 Å². The molecule has 0 unspecified atom stereocenters. The van der Waals surface area contributed by atoms with Crippen LogP contribution in [0.2, 0.25) is 0 Å². The monoisotopic (exact) mass is 363 g/mol. The second kappa shape index (κ2) is 6.65. The first kappa shape index (κ1) is 16.2. The average Bonchev–Trinajstić information content (AvgIpc) is 3.31. The number of aryl methyl sites for hydroxylation is 2. The van der Waals surface area contributed by atoms with Gasteiger partial charge in [0.05, 0.1) is 12.7 Å². The molecule has 3 aromatic rings. The minimum Gasteiger partial charge on any atom is -0.486 e. The summed E-state index contributed by atoms with van der Waals surface area (Å²) in [4.78, 5) is 12.4. The zero-order chi connectivity index (χ0) is 18.2. The van der Waals surface area contributed by atoms with Gasteiger partial charge < -0.3 is 19.2 Å². The number of carbonyl (C=O) groups excluding carboxylic acids is 1. The molecule has 5 rings (SSSR count). The minimum atomic E-state index is -0.0203. The summed E-state index contributed by atoms with van der Waals surface area (Å²) in [5.74, 6) is 1.48. The van der Waals surface area contributed by atoms with E-state index in [0.29, 0.717) is 26.2 Å². The Morgan fingerprint density at radius 3 is 2.70 bits per heavy atom. The summed E-state index contributed by atoms with van der Waals surface area (Å²) in [7, 11) is 0. The van der Waals surface area contributed by atoms with E-state index in [-0.39, 0.29) is 5.91 Å². The number of hydrogen-bond donors (Lipinski definition) is 1. The lowest BCUT2D eigenvalue weighted by Gasteiger charge is -2.18. The van der Waals surface area contributed by atoms with Gasteiger partial charge in [0.1, 0.15) is 18.8 Å². The number of amides is 1. The topological polar surface area (TPSA) is 60.7 Å². The van der Waals surface area contributed by atoms with E-state index in [1.54, 1.807) is 6.26 Å². The molecule has 0 fully saturated rings. The highest BCUT2D eigenvalue weighted by atomic mass is 16.6. The molecule has 0 atom stereocenters. The lowest BCUT2D eigenvalue weighted by molar-refractivity contribution is -0.120. The first-order valence-corrected chi connectivity index (χ1v) is 9.43. The molecule has 5 heteroatoms. The van der Waals surface area contributed by atoms with Crippen molar-refractivity contribution in [2.24, 2.45) is 0 Å². The van der Waals surface area contributed by atoms with Crippen LogP contribution in [0.25, 0.3) is 11.0 Å². The fraction of sp³-hybridized carbons (Fsp3) is 0.318. The quantitative estimate of drug-likeness (QED) is 0.770. The summed E-state index contributed by atoms with van der Waals surface area (Å²) in [6.07, 6.45) is 5.47. The summed E-state index contributed by atoms with van der Waals surface area (Å²) in [5, 5.41) is 4.04. The molecule has 0 spiro atoms. The second-order valence-corrected chi connectivity index (χ2v) is 7.16. The van der Waals surface area contributed by atoms with Crippen molar-refractivity contribution in [2.75, 3.05) is 13.2 Å². The molecule has 0 radical (unpaired) electrons. The lowest BCUT2D eigenvalue weighted by atomic mass is 10.0. The lowest BCUT2D eigenvalue weighted by Crippen LogP contribution is -2.24. The van der Waals surface area contributed by atoms with Gasteiger partial charge in [0.2, 0.25) is 5.91 Å². The van der Waals surface area contributed by atoms with Gasteiger partial charge in [-0.1, -0.05) is 6.07 Å². The molecule has 5 nitrogen and oxygen atoms in total. The fourth-order valence-corrected chi connectivity index (χ4v) is 3.92. The molecule has 1 N–H and O–H groups in total. The van der Waals surface area contributed by atoms with Gasteiger partial charge in [-0.3, -0.25) is 4.79 Å². The number of furan rings is 1. The maximum absolute atomic E-state index is 12.4. The Hall–Kier alpha value is -2.95. The van der Waals surface area contributed by atoms with Crippen LogP contribution in [-0.2, 0) is 30.6 Å². The number of hydrogen-bond acceptors (Lipinski definition) is 4. The highest BCUT2D eigenvalue weighted by molar-refractivity contribution is 5.88. The van der Waals surface area contributed by atoms with Crippen LogP contribution in [0, 0.1) is 0 Å². The Bertz CT molecular complexity index is 1020. The number of carbonyl (C=O) groups is 1. The summed E-state index contributed by atoms with van der Waals surface area (Å²) in [6.45, 7) is 1.59. The van der Waals surface area contributed by atoms with E-state index in [9.17, 15) is 4.79 Å². The molecule has 2 heterocycles. The smallest absolute Gasteiger partial charge is 0.224 e. The number of nitrogens with one attached hydrogen (secondary N) is 1. The van der Waals surface area contributed by atoms with Gasteiger partial charge in [-0.2, -0.15) is 0 Å². The molecule has 1 aliphatic carbocycles. The molecule has 0 saturated carbocycles. The molecule has 0 bridgehead atoms. The molecule has 0 saturated heterocycles. The first-order chi connectivity index (χ1) is 13.3. The summed E-state index contributed by atoms with van der Waals surface area (Å²) >= 11 is 0. The van der Waals surface area contributed by atoms with Crippen molar-refractivity contribution in [3.05, 3.63) is 58.8 Å². The number of benzene rings is 2. The SMILES string of the molecule is O=C(Cc1coc2cc3c(cc12)CCC3)NCc1ccc2c(c1)OCCO2. The third-order valence-electron chi connectivity index (χ3n) is 5.32. The largest absolute Gasteiger partial charge is 0.486 e. The average molecular weight is 363 g/mol. The molecule has 1 aromatic heterocycles. The van der Waals surface area contributed by atoms with Gasteiger partial charge in [0.15, 0.2) is 11.5 Å². The molecule has 2 aromatic carbocycles. The van der Waals surface area contributed by atoms with Gasteiger partial charge in [-0.25, -0.2) is 0 Å². The summed E-state index contributed by atoms with van der Waals surface area (Å²) in [5.41, 5.74) is 5.58. The molecule has 27 heavy (non-hydrogen) atoms. The van der Waals surface area contributed by atoms with Crippen LogP contribution < -0.4 is 14.8 Å². The van der Waals surface area contributed by atoms with Crippen molar-refractivity contribution in [1.29, 1.82) is 0 Å². The number of rotatable bonds is 4. The van der Waals surface area contributed by atoms with E-state index in [0.717, 1.165) is 46.4 Å². The number of fused-ring (bicyclic) bond motifs is 3. The van der Waals surface area contributed by atoms with Crippen molar-refractivity contribution < 1.29 is 18.7 Å². The van der Waals surface area contributed by atoms with Crippen LogP contribution in [0.4, 0.5) is 0 Å². The highest BCUT2D eigenvalue weighted by Crippen LogP contribution is 2.31. The van der Waals surface area contributed by atoms with Crippen molar-refractivity contribution in [1.82, 2.24) is 5.32 Å². The fourth-order valence-electron chi connectivity index (χ4n) is 3.92. The second-order valence-electron chi connectivity index (χ2n) is 7.16. The Kier molecular flexibility index (Phi) is 4.00. The third kappa shape index (κ3) is 3.14. The standard InChI is InChI=1S/C22H21NO4/c24-22(23-12-14-4-5-19-21(8-14)26-7-6-25-19)11-17-13-27-20-10-16-3-1-2-15(16)9-18(17)20/h4-5,8-10,13H,1-3,6-7,11-12H2,(H,23,24). The third-order valence-corrected chi connectivity index (χ3v) is 5.32. The molecule has 1 aliphatic heterocycles. The van der Waals surface area contributed by atoms with Crippen LogP contribution in [0.5, 0.6) is 11.5 Å². The van der Waals surface area contributed by atoms with Crippen LogP contribution in [0.15, 0.2) is 41.0 Å². The van der Waals surface area contributed by atoms with E-state index in [4.69, 9.17) is 13.9 Å². The maximum atomic E-state index is 12.4. The van der Waals surface area contributed by atoms with Gasteiger partial charge in [0, 0.05) is 17.5 Å². The molecule has 1 amide bonds. The zero-order valence-electron chi connectivity index (χ0n) is 15.0. The Balaban J connectivity index is 1.26. The van der Waals surface area contributed by atoms with E-state index in [1.165, 1.54) is 17.5 Å². The molecular formula is C22H21NO4. The van der Waals surface area contributed by atoms with Crippen molar-refractivity contribution >= 4 is 16.9 Å². The van der Waals surface area contributed by atoms with Gasteiger partial charge in [0.25, 0.3) is 0 Å². The van der Waals surface area contributed by atoms with Crippen molar-refractivity contribution in [2.45, 2.75) is 32.2 Å².